The number of aryl methyl sites for hydroxylation is 1. The van der Waals surface area contributed by atoms with Gasteiger partial charge in [-0.2, -0.15) is 5.10 Å². The number of carbonyl (C=O) groups excluding carboxylic acids is 1. The van der Waals surface area contributed by atoms with E-state index in [9.17, 15) is 4.79 Å². The summed E-state index contributed by atoms with van der Waals surface area (Å²) < 4.78 is 1.60. The third kappa shape index (κ3) is 1.80. The fraction of sp³-hybridized carbons (Fsp3) is 0.0909. The van der Waals surface area contributed by atoms with Crippen LogP contribution in [-0.4, -0.2) is 20.9 Å². The number of carbonyl (C=O) groups is 1. The van der Waals surface area contributed by atoms with Crippen LogP contribution in [0.3, 0.4) is 0 Å². The molecule has 0 saturated carbocycles. The molecule has 5 nitrogen and oxygen atoms in total. The molecular weight excluding hydrogens is 206 g/mol. The number of nitrogens with one attached hydrogen (secondary N) is 1. The quantitative estimate of drug-likeness (QED) is 0.586. The standard InChI is InChI=1S/C11H11N3O2/c1-14-10(8-5-3-2-4-6-8)7-9(12-14)11(15)13-16/h2-7,16H,1H3,(H,13,15). The van der Waals surface area contributed by atoms with Crippen LogP contribution in [0.4, 0.5) is 0 Å². The van der Waals surface area contributed by atoms with E-state index >= 15 is 0 Å². The van der Waals surface area contributed by atoms with Crippen molar-refractivity contribution in [2.45, 2.75) is 0 Å². The Bertz CT molecular complexity index is 505. The fourth-order valence-electron chi connectivity index (χ4n) is 1.51. The van der Waals surface area contributed by atoms with Crippen LogP contribution in [-0.2, 0) is 7.05 Å². The van der Waals surface area contributed by atoms with E-state index in [-0.39, 0.29) is 5.69 Å². The van der Waals surface area contributed by atoms with Gasteiger partial charge in [-0.15, -0.1) is 0 Å². The average molecular weight is 217 g/mol. The summed E-state index contributed by atoms with van der Waals surface area (Å²) in [4.78, 5) is 11.2. The summed E-state index contributed by atoms with van der Waals surface area (Å²) in [5, 5.41) is 12.5. The van der Waals surface area contributed by atoms with E-state index in [1.54, 1.807) is 23.3 Å². The number of rotatable bonds is 2. The Kier molecular flexibility index (Phi) is 2.70. The summed E-state index contributed by atoms with van der Waals surface area (Å²) in [6.45, 7) is 0. The monoisotopic (exact) mass is 217 g/mol. The lowest BCUT2D eigenvalue weighted by Gasteiger charge is -1.99. The first-order valence-corrected chi connectivity index (χ1v) is 4.76. The Morgan fingerprint density at radius 2 is 2.06 bits per heavy atom. The zero-order chi connectivity index (χ0) is 11.5. The largest absolute Gasteiger partial charge is 0.295 e. The highest BCUT2D eigenvalue weighted by Crippen LogP contribution is 2.19. The number of benzene rings is 1. The van der Waals surface area contributed by atoms with Crippen molar-refractivity contribution in [3.63, 3.8) is 0 Å². The van der Waals surface area contributed by atoms with Crippen molar-refractivity contribution in [1.29, 1.82) is 0 Å². The van der Waals surface area contributed by atoms with E-state index in [0.717, 1.165) is 11.3 Å². The highest BCUT2D eigenvalue weighted by molar-refractivity contribution is 5.92. The van der Waals surface area contributed by atoms with Crippen LogP contribution in [0.1, 0.15) is 10.5 Å². The van der Waals surface area contributed by atoms with Crippen molar-refractivity contribution < 1.29 is 10.0 Å². The van der Waals surface area contributed by atoms with Crippen molar-refractivity contribution in [2.75, 3.05) is 0 Å². The maximum absolute atomic E-state index is 11.2. The average Bonchev–Trinajstić information content (AvgIpc) is 2.71. The van der Waals surface area contributed by atoms with Crippen molar-refractivity contribution in [2.24, 2.45) is 7.05 Å². The minimum atomic E-state index is -0.613. The number of hydroxylamine groups is 1. The predicted molar refractivity (Wildman–Crippen MR) is 57.9 cm³/mol. The lowest BCUT2D eigenvalue weighted by Crippen LogP contribution is -2.19. The fourth-order valence-corrected chi connectivity index (χ4v) is 1.51. The Balaban J connectivity index is 2.44. The molecular formula is C11H11N3O2. The van der Waals surface area contributed by atoms with Gasteiger partial charge in [-0.3, -0.25) is 14.7 Å². The minimum Gasteiger partial charge on any atom is -0.288 e. The molecule has 82 valence electrons. The van der Waals surface area contributed by atoms with Crippen molar-refractivity contribution >= 4 is 5.91 Å². The number of nitrogens with zero attached hydrogens (tertiary/aromatic N) is 2. The van der Waals surface area contributed by atoms with Crippen LogP contribution >= 0.6 is 0 Å². The predicted octanol–water partition coefficient (Wildman–Crippen LogP) is 1.21. The molecule has 0 radical (unpaired) electrons. The summed E-state index contributed by atoms with van der Waals surface area (Å²) in [7, 11) is 1.75. The third-order valence-electron chi connectivity index (χ3n) is 2.28. The normalized spacial score (nSPS) is 10.1. The van der Waals surface area contributed by atoms with E-state index in [1.807, 2.05) is 30.3 Å². The van der Waals surface area contributed by atoms with Gasteiger partial charge in [0.15, 0.2) is 5.69 Å². The summed E-state index contributed by atoms with van der Waals surface area (Å²) in [6.07, 6.45) is 0. The molecule has 0 fully saturated rings. The Labute approximate surface area is 92.3 Å². The number of hydrogen-bond donors (Lipinski definition) is 2. The molecule has 1 heterocycles. The van der Waals surface area contributed by atoms with Crippen LogP contribution in [0.2, 0.25) is 0 Å². The van der Waals surface area contributed by atoms with E-state index < -0.39 is 5.91 Å². The smallest absolute Gasteiger partial charge is 0.288 e. The van der Waals surface area contributed by atoms with Gasteiger partial charge in [-0.1, -0.05) is 30.3 Å². The van der Waals surface area contributed by atoms with Crippen LogP contribution in [0.5, 0.6) is 0 Å². The van der Waals surface area contributed by atoms with Crippen molar-refractivity contribution in [1.82, 2.24) is 15.3 Å². The lowest BCUT2D eigenvalue weighted by atomic mass is 10.1. The second-order valence-electron chi connectivity index (χ2n) is 3.35. The van der Waals surface area contributed by atoms with E-state index in [2.05, 4.69) is 5.10 Å². The van der Waals surface area contributed by atoms with Gasteiger partial charge in [0.25, 0.3) is 5.91 Å². The molecule has 0 atom stereocenters. The molecule has 16 heavy (non-hydrogen) atoms. The van der Waals surface area contributed by atoms with Crippen LogP contribution < -0.4 is 5.48 Å². The first kappa shape index (κ1) is 10.4. The van der Waals surface area contributed by atoms with E-state index in [1.165, 1.54) is 0 Å². The Morgan fingerprint density at radius 3 is 2.69 bits per heavy atom. The van der Waals surface area contributed by atoms with Gasteiger partial charge in [-0.25, -0.2) is 5.48 Å². The highest BCUT2D eigenvalue weighted by atomic mass is 16.5. The molecule has 2 aromatic rings. The van der Waals surface area contributed by atoms with Gasteiger partial charge < -0.3 is 0 Å². The summed E-state index contributed by atoms with van der Waals surface area (Å²) in [6, 6.07) is 11.2. The van der Waals surface area contributed by atoms with Crippen molar-refractivity contribution in [3.05, 3.63) is 42.1 Å². The third-order valence-corrected chi connectivity index (χ3v) is 2.28. The molecule has 1 amide bonds. The van der Waals surface area contributed by atoms with E-state index in [4.69, 9.17) is 5.21 Å². The summed E-state index contributed by atoms with van der Waals surface area (Å²) in [5.41, 5.74) is 3.53. The summed E-state index contributed by atoms with van der Waals surface area (Å²) >= 11 is 0. The van der Waals surface area contributed by atoms with Gasteiger partial charge >= 0.3 is 0 Å². The minimum absolute atomic E-state index is 0.184. The molecule has 2 rings (SSSR count). The lowest BCUT2D eigenvalue weighted by molar-refractivity contribution is 0.0700. The highest BCUT2D eigenvalue weighted by Gasteiger charge is 2.12. The van der Waals surface area contributed by atoms with Gasteiger partial charge in [0.05, 0.1) is 5.69 Å². The zero-order valence-electron chi connectivity index (χ0n) is 8.71. The molecule has 0 unspecified atom stereocenters. The molecule has 0 saturated heterocycles. The SMILES string of the molecule is Cn1nc(C(=O)NO)cc1-c1ccccc1. The van der Waals surface area contributed by atoms with E-state index in [0.29, 0.717) is 0 Å². The van der Waals surface area contributed by atoms with Gasteiger partial charge in [0.1, 0.15) is 0 Å². The zero-order valence-corrected chi connectivity index (χ0v) is 8.71. The molecule has 2 N–H and O–H groups in total. The second-order valence-corrected chi connectivity index (χ2v) is 3.35. The van der Waals surface area contributed by atoms with Crippen molar-refractivity contribution in [3.8, 4) is 11.3 Å². The molecule has 0 aliphatic rings. The number of hydrogen-bond acceptors (Lipinski definition) is 3. The maximum atomic E-state index is 11.2. The van der Waals surface area contributed by atoms with Crippen LogP contribution in [0.25, 0.3) is 11.3 Å². The Morgan fingerprint density at radius 1 is 1.38 bits per heavy atom. The van der Waals surface area contributed by atoms with Gasteiger partial charge in [-0.05, 0) is 11.6 Å². The summed E-state index contributed by atoms with van der Waals surface area (Å²) in [5.74, 6) is -0.613. The second kappa shape index (κ2) is 4.16. The van der Waals surface area contributed by atoms with Gasteiger partial charge in [0, 0.05) is 7.05 Å². The maximum Gasteiger partial charge on any atom is 0.295 e. The van der Waals surface area contributed by atoms with Crippen LogP contribution in [0, 0.1) is 0 Å². The first-order valence-electron chi connectivity index (χ1n) is 4.76. The first-order chi connectivity index (χ1) is 7.72. The molecule has 1 aromatic heterocycles. The molecule has 5 heteroatoms. The molecule has 0 spiro atoms. The van der Waals surface area contributed by atoms with Crippen LogP contribution in [0.15, 0.2) is 36.4 Å². The molecule has 1 aromatic carbocycles. The van der Waals surface area contributed by atoms with Gasteiger partial charge in [0.2, 0.25) is 0 Å². The Hall–Kier alpha value is -2.14. The number of amides is 1. The molecule has 0 aliphatic heterocycles. The number of aromatic nitrogens is 2. The molecule has 0 aliphatic carbocycles. The topological polar surface area (TPSA) is 67.2 Å². The molecule has 0 bridgehead atoms.